The number of hydrogen-bond donors (Lipinski definition) is 1. The van der Waals surface area contributed by atoms with Gasteiger partial charge in [0.2, 0.25) is 5.91 Å². The second kappa shape index (κ2) is 7.95. The zero-order valence-electron chi connectivity index (χ0n) is 15.8. The van der Waals surface area contributed by atoms with Crippen molar-refractivity contribution < 1.29 is 19.1 Å². The minimum atomic E-state index is -0.921. The first-order valence-electron chi connectivity index (χ1n) is 9.33. The van der Waals surface area contributed by atoms with Crippen molar-refractivity contribution in [1.82, 2.24) is 0 Å². The molecule has 4 unspecified atom stereocenters. The predicted octanol–water partition coefficient (Wildman–Crippen LogP) is 4.12. The summed E-state index contributed by atoms with van der Waals surface area (Å²) in [6.45, 7) is 0. The molecule has 2 heterocycles. The second-order valence-electron chi connectivity index (χ2n) is 7.33. The Hall–Kier alpha value is -2.12. The molecule has 0 aromatic heterocycles. The number of rotatable bonds is 4. The maximum absolute atomic E-state index is 13.4. The molecule has 1 spiro atoms. The van der Waals surface area contributed by atoms with Crippen LogP contribution in [-0.4, -0.2) is 31.0 Å². The van der Waals surface area contributed by atoms with Crippen LogP contribution in [0.15, 0.2) is 53.0 Å². The van der Waals surface area contributed by atoms with Gasteiger partial charge in [-0.3, -0.25) is 9.59 Å². The third kappa shape index (κ3) is 3.30. The van der Waals surface area contributed by atoms with Crippen LogP contribution in [0.5, 0.6) is 0 Å². The van der Waals surface area contributed by atoms with Crippen molar-refractivity contribution in [2.24, 2.45) is 11.8 Å². The highest BCUT2D eigenvalue weighted by atomic mass is 79.9. The fourth-order valence-electron chi connectivity index (χ4n) is 4.52. The van der Waals surface area contributed by atoms with Crippen LogP contribution in [0.3, 0.4) is 0 Å². The van der Waals surface area contributed by atoms with Gasteiger partial charge in [-0.1, -0.05) is 52.3 Å². The van der Waals surface area contributed by atoms with Gasteiger partial charge in [0.1, 0.15) is 11.0 Å². The van der Waals surface area contributed by atoms with Crippen LogP contribution >= 0.6 is 27.7 Å². The van der Waals surface area contributed by atoms with Crippen LogP contribution in [0, 0.1) is 11.8 Å². The van der Waals surface area contributed by atoms with Gasteiger partial charge >= 0.3 is 5.97 Å². The number of amides is 1. The molecule has 29 heavy (non-hydrogen) atoms. The first-order chi connectivity index (χ1) is 14.0. The van der Waals surface area contributed by atoms with Gasteiger partial charge < -0.3 is 14.8 Å². The molecule has 1 saturated heterocycles. The SMILES string of the molecule is COC(=O)CC1CSC2(C(=O)Nc3cc(Br)ccc32)C(c2ccccc2)C1C=O. The van der Waals surface area contributed by atoms with Crippen LogP contribution in [0.2, 0.25) is 0 Å². The molecule has 1 fully saturated rings. The fraction of sp³-hybridized carbons (Fsp3) is 0.318. The Morgan fingerprint density at radius 3 is 2.76 bits per heavy atom. The molecular formula is C22H20BrNO4S. The maximum Gasteiger partial charge on any atom is 0.305 e. The van der Waals surface area contributed by atoms with Gasteiger partial charge in [-0.15, -0.1) is 11.8 Å². The molecule has 7 heteroatoms. The molecular weight excluding hydrogens is 454 g/mol. The first kappa shape index (κ1) is 20.2. The van der Waals surface area contributed by atoms with Crippen LogP contribution in [0.1, 0.15) is 23.5 Å². The molecule has 150 valence electrons. The summed E-state index contributed by atoms with van der Waals surface area (Å²) in [6.07, 6.45) is 1.07. The highest BCUT2D eigenvalue weighted by Gasteiger charge is 2.59. The molecule has 1 N–H and O–H groups in total. The third-order valence-corrected chi connectivity index (χ3v) is 8.03. The Morgan fingerprint density at radius 2 is 2.07 bits per heavy atom. The Bertz CT molecular complexity index is 967. The highest BCUT2D eigenvalue weighted by Crippen LogP contribution is 2.61. The van der Waals surface area contributed by atoms with Gasteiger partial charge in [0.25, 0.3) is 0 Å². The summed E-state index contributed by atoms with van der Waals surface area (Å²) in [5.41, 5.74) is 2.55. The van der Waals surface area contributed by atoms with Crippen LogP contribution in [0.25, 0.3) is 0 Å². The summed E-state index contributed by atoms with van der Waals surface area (Å²) in [5, 5.41) is 3.01. The van der Waals surface area contributed by atoms with E-state index in [1.165, 1.54) is 18.9 Å². The maximum atomic E-state index is 13.4. The molecule has 0 saturated carbocycles. The van der Waals surface area contributed by atoms with Gasteiger partial charge in [-0.25, -0.2) is 0 Å². The average molecular weight is 474 g/mol. The number of halogens is 1. The minimum absolute atomic E-state index is 0.118. The van der Waals surface area contributed by atoms with Gasteiger partial charge in [-0.2, -0.15) is 0 Å². The van der Waals surface area contributed by atoms with Crippen molar-refractivity contribution >= 4 is 51.5 Å². The molecule has 0 radical (unpaired) electrons. The number of carbonyl (C=O) groups is 3. The van der Waals surface area contributed by atoms with Crippen LogP contribution < -0.4 is 5.32 Å². The topological polar surface area (TPSA) is 72.5 Å². The highest BCUT2D eigenvalue weighted by molar-refractivity contribution is 9.10. The lowest BCUT2D eigenvalue weighted by atomic mass is 9.68. The number of ether oxygens (including phenoxy) is 1. The number of nitrogens with one attached hydrogen (secondary N) is 1. The van der Waals surface area contributed by atoms with Gasteiger partial charge in [-0.05, 0) is 29.4 Å². The van der Waals surface area contributed by atoms with Crippen molar-refractivity contribution in [3.8, 4) is 0 Å². The van der Waals surface area contributed by atoms with Crippen molar-refractivity contribution in [1.29, 1.82) is 0 Å². The van der Waals surface area contributed by atoms with E-state index in [0.29, 0.717) is 5.75 Å². The number of benzene rings is 2. The molecule has 4 atom stereocenters. The van der Waals surface area contributed by atoms with E-state index in [1.807, 2.05) is 48.5 Å². The van der Waals surface area contributed by atoms with E-state index in [4.69, 9.17) is 4.74 Å². The van der Waals surface area contributed by atoms with E-state index in [1.54, 1.807) is 0 Å². The lowest BCUT2D eigenvalue weighted by Gasteiger charge is -2.46. The molecule has 0 aliphatic carbocycles. The Morgan fingerprint density at radius 1 is 1.31 bits per heavy atom. The molecule has 0 bridgehead atoms. The van der Waals surface area contributed by atoms with Crippen molar-refractivity contribution in [3.05, 3.63) is 64.1 Å². The smallest absolute Gasteiger partial charge is 0.305 e. The molecule has 2 aromatic carbocycles. The summed E-state index contributed by atoms with van der Waals surface area (Å²) < 4.78 is 4.80. The molecule has 5 nitrogen and oxygen atoms in total. The standard InChI is InChI=1S/C22H20BrNO4S/c1-28-19(26)9-14-12-29-22(17-8-7-15(23)10-18(17)24-21(22)27)20(16(14)11-25)13-5-3-2-4-6-13/h2-8,10-11,14,16,20H,9,12H2,1H3,(H,24,27). The van der Waals surface area contributed by atoms with Crippen molar-refractivity contribution in [2.75, 3.05) is 18.2 Å². The largest absolute Gasteiger partial charge is 0.469 e. The zero-order chi connectivity index (χ0) is 20.6. The van der Waals surface area contributed by atoms with E-state index in [2.05, 4.69) is 21.2 Å². The van der Waals surface area contributed by atoms with Gasteiger partial charge in [0.15, 0.2) is 0 Å². The van der Waals surface area contributed by atoms with Crippen LogP contribution in [-0.2, 0) is 23.9 Å². The second-order valence-corrected chi connectivity index (χ2v) is 9.51. The van der Waals surface area contributed by atoms with E-state index in [0.717, 1.165) is 27.6 Å². The van der Waals surface area contributed by atoms with E-state index in [-0.39, 0.29) is 24.2 Å². The number of anilines is 1. The first-order valence-corrected chi connectivity index (χ1v) is 11.1. The fourth-order valence-corrected chi connectivity index (χ4v) is 6.68. The van der Waals surface area contributed by atoms with E-state index < -0.39 is 16.6 Å². The van der Waals surface area contributed by atoms with E-state index in [9.17, 15) is 14.4 Å². The molecule has 2 aliphatic rings. The summed E-state index contributed by atoms with van der Waals surface area (Å²) in [6, 6.07) is 15.4. The Labute approximate surface area is 181 Å². The van der Waals surface area contributed by atoms with Crippen LogP contribution in [0.4, 0.5) is 5.69 Å². The summed E-state index contributed by atoms with van der Waals surface area (Å²) in [7, 11) is 1.35. The summed E-state index contributed by atoms with van der Waals surface area (Å²) >= 11 is 4.98. The Balaban J connectivity index is 1.88. The number of esters is 1. The van der Waals surface area contributed by atoms with Gasteiger partial charge in [0, 0.05) is 34.0 Å². The summed E-state index contributed by atoms with van der Waals surface area (Å²) in [5.74, 6) is -1.02. The number of methoxy groups -OCH3 is 1. The molecule has 2 aliphatic heterocycles. The van der Waals surface area contributed by atoms with Crippen molar-refractivity contribution in [2.45, 2.75) is 17.1 Å². The molecule has 2 aromatic rings. The van der Waals surface area contributed by atoms with Gasteiger partial charge in [0.05, 0.1) is 7.11 Å². The monoisotopic (exact) mass is 473 g/mol. The van der Waals surface area contributed by atoms with Crippen molar-refractivity contribution in [3.63, 3.8) is 0 Å². The third-order valence-electron chi connectivity index (χ3n) is 5.83. The number of thioether (sulfide) groups is 1. The minimum Gasteiger partial charge on any atom is -0.469 e. The quantitative estimate of drug-likeness (QED) is 0.533. The lowest BCUT2D eigenvalue weighted by Crippen LogP contribution is -2.48. The molecule has 4 rings (SSSR count). The summed E-state index contributed by atoms with van der Waals surface area (Å²) in [4.78, 5) is 37.7. The Kier molecular flexibility index (Phi) is 5.53. The number of fused-ring (bicyclic) bond motifs is 2. The average Bonchev–Trinajstić information content (AvgIpc) is 3.00. The number of carbonyl (C=O) groups excluding carboxylic acids is 3. The molecule has 1 amide bonds. The van der Waals surface area contributed by atoms with E-state index >= 15 is 0 Å². The number of hydrogen-bond acceptors (Lipinski definition) is 5. The number of aldehydes is 1. The normalized spacial score (nSPS) is 27.9. The zero-order valence-corrected chi connectivity index (χ0v) is 18.2. The predicted molar refractivity (Wildman–Crippen MR) is 116 cm³/mol. The lowest BCUT2D eigenvalue weighted by molar-refractivity contribution is -0.142.